The molecule has 1 aromatic rings. The number of piperidine rings is 1. The second kappa shape index (κ2) is 8.93. The van der Waals surface area contributed by atoms with E-state index in [1.807, 2.05) is 23.1 Å². The first-order chi connectivity index (χ1) is 15.1. The van der Waals surface area contributed by atoms with Crippen molar-refractivity contribution in [2.45, 2.75) is 70.5 Å². The fraction of sp³-hybridized carbons (Fsp3) is 0.692. The van der Waals surface area contributed by atoms with Gasteiger partial charge in [0.25, 0.3) is 0 Å². The van der Waals surface area contributed by atoms with Gasteiger partial charge in [0.15, 0.2) is 0 Å². The predicted octanol–water partition coefficient (Wildman–Crippen LogP) is 3.92. The summed E-state index contributed by atoms with van der Waals surface area (Å²) >= 11 is 0. The minimum absolute atomic E-state index is 0.119. The largest absolute Gasteiger partial charge is 0.373 e. The molecule has 1 N–H and O–H groups in total. The fourth-order valence-electron chi connectivity index (χ4n) is 7.08. The van der Waals surface area contributed by atoms with Gasteiger partial charge in [-0.15, -0.1) is 0 Å². The normalized spacial score (nSPS) is 32.3. The van der Waals surface area contributed by atoms with E-state index in [0.717, 1.165) is 62.9 Å². The van der Waals surface area contributed by atoms with E-state index in [4.69, 9.17) is 4.74 Å². The molecule has 0 unspecified atom stereocenters. The van der Waals surface area contributed by atoms with E-state index < -0.39 is 0 Å². The summed E-state index contributed by atoms with van der Waals surface area (Å²) in [7, 11) is 0. The van der Waals surface area contributed by atoms with E-state index in [1.165, 1.54) is 24.8 Å². The number of hydrogen-bond donors (Lipinski definition) is 1. The molecule has 0 radical (unpaired) electrons. The van der Waals surface area contributed by atoms with Gasteiger partial charge in [0.05, 0.1) is 12.7 Å². The van der Waals surface area contributed by atoms with E-state index in [9.17, 15) is 9.59 Å². The number of benzene rings is 1. The molecule has 31 heavy (non-hydrogen) atoms. The third kappa shape index (κ3) is 4.67. The number of hydrogen-bond acceptors (Lipinski definition) is 3. The summed E-state index contributed by atoms with van der Waals surface area (Å²) < 4.78 is 6.03. The molecule has 6 rings (SSSR count). The second-order valence-corrected chi connectivity index (χ2v) is 10.6. The molecule has 5 fully saturated rings. The first-order valence-corrected chi connectivity index (χ1v) is 12.3. The van der Waals surface area contributed by atoms with Crippen molar-refractivity contribution >= 4 is 11.8 Å². The van der Waals surface area contributed by atoms with Crippen LogP contribution in [0.15, 0.2) is 30.3 Å². The lowest BCUT2D eigenvalue weighted by Gasteiger charge is -2.55. The molecule has 0 spiro atoms. The molecule has 2 amide bonds. The molecule has 1 aromatic carbocycles. The highest BCUT2D eigenvalue weighted by Gasteiger charge is 2.54. The molecule has 4 bridgehead atoms. The average Bonchev–Trinajstić information content (AvgIpc) is 2.77. The molecule has 1 heterocycles. The molecule has 0 aromatic heterocycles. The highest BCUT2D eigenvalue weighted by atomic mass is 16.5. The van der Waals surface area contributed by atoms with Crippen LogP contribution in [0.4, 0.5) is 0 Å². The van der Waals surface area contributed by atoms with E-state index in [2.05, 4.69) is 17.4 Å². The highest BCUT2D eigenvalue weighted by molar-refractivity contribution is 5.84. The third-order valence-electron chi connectivity index (χ3n) is 8.27. The zero-order valence-corrected chi connectivity index (χ0v) is 18.6. The monoisotopic (exact) mass is 424 g/mol. The van der Waals surface area contributed by atoms with Crippen LogP contribution in [-0.4, -0.2) is 42.5 Å². The average molecular weight is 425 g/mol. The van der Waals surface area contributed by atoms with Crippen LogP contribution < -0.4 is 5.32 Å². The zero-order valence-electron chi connectivity index (χ0n) is 18.6. The maximum atomic E-state index is 13.0. The highest BCUT2D eigenvalue weighted by Crippen LogP contribution is 2.60. The van der Waals surface area contributed by atoms with Gasteiger partial charge >= 0.3 is 0 Å². The molecular weight excluding hydrogens is 388 g/mol. The first-order valence-electron chi connectivity index (χ1n) is 12.3. The van der Waals surface area contributed by atoms with Crippen LogP contribution in [-0.2, 0) is 20.9 Å². The molecule has 0 atom stereocenters. The van der Waals surface area contributed by atoms with Crippen molar-refractivity contribution in [1.82, 2.24) is 10.2 Å². The maximum absolute atomic E-state index is 13.0. The van der Waals surface area contributed by atoms with Gasteiger partial charge in [-0.05, 0) is 74.7 Å². The minimum Gasteiger partial charge on any atom is -0.373 e. The number of likely N-dealkylation sites (tertiary alicyclic amines) is 1. The number of nitrogens with zero attached hydrogens (tertiary/aromatic N) is 1. The molecule has 5 aliphatic rings. The Morgan fingerprint density at radius 2 is 1.58 bits per heavy atom. The lowest BCUT2D eigenvalue weighted by Crippen LogP contribution is -2.54. The van der Waals surface area contributed by atoms with Crippen LogP contribution in [0.2, 0.25) is 0 Å². The number of amides is 2. The van der Waals surface area contributed by atoms with Crippen molar-refractivity contribution in [1.29, 1.82) is 0 Å². The van der Waals surface area contributed by atoms with Crippen molar-refractivity contribution in [3.8, 4) is 0 Å². The number of ether oxygens (including phenoxy) is 1. The van der Waals surface area contributed by atoms with Gasteiger partial charge in [0.1, 0.15) is 0 Å². The topological polar surface area (TPSA) is 58.6 Å². The second-order valence-electron chi connectivity index (χ2n) is 10.6. The first kappa shape index (κ1) is 21.0. The number of nitrogens with one attached hydrogen (secondary N) is 1. The Kier molecular flexibility index (Phi) is 6.05. The number of rotatable bonds is 7. The zero-order chi connectivity index (χ0) is 21.3. The number of carbonyl (C=O) groups excluding carboxylic acids is 2. The van der Waals surface area contributed by atoms with Crippen molar-refractivity contribution in [3.05, 3.63) is 35.9 Å². The van der Waals surface area contributed by atoms with E-state index >= 15 is 0 Å². The summed E-state index contributed by atoms with van der Waals surface area (Å²) in [5.41, 5.74) is 1.07. The van der Waals surface area contributed by atoms with E-state index in [0.29, 0.717) is 19.6 Å². The van der Waals surface area contributed by atoms with E-state index in [-0.39, 0.29) is 23.3 Å². The van der Waals surface area contributed by atoms with Gasteiger partial charge in [-0.3, -0.25) is 9.59 Å². The SMILES string of the molecule is O=C(CCNC(=O)C12CC3CC(CC(C3)C1)C2)N1CCC(OCc2ccccc2)CC1. The van der Waals surface area contributed by atoms with Gasteiger partial charge in [-0.2, -0.15) is 0 Å². The molecule has 1 aliphatic heterocycles. The molecule has 4 saturated carbocycles. The molecule has 1 saturated heterocycles. The summed E-state index contributed by atoms with van der Waals surface area (Å²) in [6, 6.07) is 10.2. The summed E-state index contributed by atoms with van der Waals surface area (Å²) in [6.07, 6.45) is 9.67. The van der Waals surface area contributed by atoms with Gasteiger partial charge in [-0.1, -0.05) is 30.3 Å². The summed E-state index contributed by atoms with van der Waals surface area (Å²) in [5, 5.41) is 3.15. The predicted molar refractivity (Wildman–Crippen MR) is 119 cm³/mol. The summed E-state index contributed by atoms with van der Waals surface area (Å²) in [6.45, 7) is 2.61. The molecule has 4 aliphatic carbocycles. The Hall–Kier alpha value is -1.88. The van der Waals surface area contributed by atoms with Crippen LogP contribution in [0.3, 0.4) is 0 Å². The van der Waals surface area contributed by atoms with Crippen LogP contribution >= 0.6 is 0 Å². The van der Waals surface area contributed by atoms with Gasteiger partial charge in [0, 0.05) is 31.5 Å². The third-order valence-corrected chi connectivity index (χ3v) is 8.27. The van der Waals surface area contributed by atoms with Crippen molar-refractivity contribution in [2.24, 2.45) is 23.2 Å². The Balaban J connectivity index is 1.02. The summed E-state index contributed by atoms with van der Waals surface area (Å²) in [5.74, 6) is 2.69. The molecule has 5 nitrogen and oxygen atoms in total. The van der Waals surface area contributed by atoms with E-state index in [1.54, 1.807) is 0 Å². The van der Waals surface area contributed by atoms with Crippen molar-refractivity contribution < 1.29 is 14.3 Å². The van der Waals surface area contributed by atoms with Gasteiger partial charge in [-0.25, -0.2) is 0 Å². The quantitative estimate of drug-likeness (QED) is 0.722. The smallest absolute Gasteiger partial charge is 0.226 e. The Bertz CT molecular complexity index is 750. The molecule has 168 valence electrons. The fourth-order valence-corrected chi connectivity index (χ4v) is 7.08. The van der Waals surface area contributed by atoms with Crippen LogP contribution in [0.1, 0.15) is 63.4 Å². The molecule has 5 heteroatoms. The van der Waals surface area contributed by atoms with Crippen LogP contribution in [0.25, 0.3) is 0 Å². The summed E-state index contributed by atoms with van der Waals surface area (Å²) in [4.78, 5) is 27.6. The maximum Gasteiger partial charge on any atom is 0.226 e. The van der Waals surface area contributed by atoms with Crippen molar-refractivity contribution in [3.63, 3.8) is 0 Å². The Morgan fingerprint density at radius 3 is 2.19 bits per heavy atom. The van der Waals surface area contributed by atoms with Crippen molar-refractivity contribution in [2.75, 3.05) is 19.6 Å². The molecular formula is C26H36N2O3. The van der Waals surface area contributed by atoms with Gasteiger partial charge < -0.3 is 15.0 Å². The Labute approximate surface area is 185 Å². The number of carbonyl (C=O) groups is 2. The van der Waals surface area contributed by atoms with Crippen LogP contribution in [0, 0.1) is 23.2 Å². The minimum atomic E-state index is -0.119. The standard InChI is InChI=1S/C26H36N2O3/c29-24(28-10-7-23(8-11-28)31-18-19-4-2-1-3-5-19)6-9-27-25(30)26-15-20-12-21(16-26)14-22(13-20)17-26/h1-5,20-23H,6-18H2,(H,27,30). The lowest BCUT2D eigenvalue weighted by molar-refractivity contribution is -0.146. The van der Waals surface area contributed by atoms with Gasteiger partial charge in [0.2, 0.25) is 11.8 Å². The Morgan fingerprint density at radius 1 is 0.968 bits per heavy atom. The van der Waals surface area contributed by atoms with Crippen LogP contribution in [0.5, 0.6) is 0 Å². The lowest BCUT2D eigenvalue weighted by atomic mass is 9.49.